The molecule has 204 valence electrons. The number of Topliss-reactive ketones (excluding diaryl/α,β-unsaturated/α-hetero) is 1. The van der Waals surface area contributed by atoms with Crippen molar-refractivity contribution >= 4 is 57.3 Å². The number of hydrogen-bond acceptors (Lipinski definition) is 9. The van der Waals surface area contributed by atoms with Gasteiger partial charge < -0.3 is 14.9 Å². The van der Waals surface area contributed by atoms with Gasteiger partial charge in [0.25, 0.3) is 5.78 Å². The molecule has 2 N–H and O–H groups in total. The van der Waals surface area contributed by atoms with Crippen molar-refractivity contribution in [3.8, 4) is 11.5 Å². The van der Waals surface area contributed by atoms with Gasteiger partial charge in [-0.15, -0.1) is 10.2 Å². The lowest BCUT2D eigenvalue weighted by Crippen LogP contribution is -2.29. The fourth-order valence-electron chi connectivity index (χ4n) is 4.43. The summed E-state index contributed by atoms with van der Waals surface area (Å²) in [5.74, 6) is -1.31. The minimum absolute atomic E-state index is 0.0861. The second-order valence-electron chi connectivity index (χ2n) is 9.18. The number of aromatic nitrogens is 2. The normalized spacial score (nSPS) is 16.5. The summed E-state index contributed by atoms with van der Waals surface area (Å²) in [6.45, 7) is 3.69. The number of methoxy groups -OCH3 is 1. The van der Waals surface area contributed by atoms with E-state index in [1.165, 1.54) is 47.2 Å². The molecule has 1 fully saturated rings. The maximum absolute atomic E-state index is 13.5. The first-order chi connectivity index (χ1) is 19.2. The van der Waals surface area contributed by atoms with Crippen molar-refractivity contribution in [1.29, 1.82) is 0 Å². The number of thioether (sulfide) groups is 1. The minimum atomic E-state index is -1.03. The fourth-order valence-corrected chi connectivity index (χ4v) is 6.38. The Morgan fingerprint density at radius 1 is 1.07 bits per heavy atom. The molecular weight excluding hydrogens is 570 g/mol. The van der Waals surface area contributed by atoms with Gasteiger partial charge in [-0.05, 0) is 60.9 Å². The third-order valence-corrected chi connectivity index (χ3v) is 8.87. The molecule has 1 amide bonds. The highest BCUT2D eigenvalue weighted by Crippen LogP contribution is 2.45. The Hall–Kier alpha value is -3.86. The van der Waals surface area contributed by atoms with Crippen molar-refractivity contribution in [2.75, 3.05) is 12.0 Å². The molecule has 4 aromatic rings. The molecule has 1 aliphatic rings. The summed E-state index contributed by atoms with van der Waals surface area (Å²) < 4.78 is 5.89. The van der Waals surface area contributed by atoms with Gasteiger partial charge in [0.1, 0.15) is 5.76 Å². The van der Waals surface area contributed by atoms with Gasteiger partial charge in [-0.1, -0.05) is 70.6 Å². The number of aliphatic hydroxyl groups excluding tert-OH is 1. The molecule has 8 nitrogen and oxygen atoms in total. The van der Waals surface area contributed by atoms with E-state index in [1.807, 2.05) is 50.2 Å². The van der Waals surface area contributed by atoms with Crippen LogP contribution >= 0.6 is 34.7 Å². The maximum atomic E-state index is 13.5. The standard InChI is InChI=1S/C29H24ClN3O5S2/c1-15-4-5-16(2)20(12-15)25(35)23-24(18-8-11-21(34)22(13-18)38-3)33(27(37)26(23)36)28-31-32-29(40-28)39-14-17-6-9-19(30)10-7-17/h4-13,24,34-35H,14H2,1-3H3/b25-23+. The lowest BCUT2D eigenvalue weighted by Gasteiger charge is -2.23. The summed E-state index contributed by atoms with van der Waals surface area (Å²) in [4.78, 5) is 28.2. The Balaban J connectivity index is 1.59. The number of ether oxygens (including phenoxy) is 1. The maximum Gasteiger partial charge on any atom is 0.301 e. The number of phenolic OH excluding ortho intramolecular Hbond substituents is 1. The number of halogens is 1. The van der Waals surface area contributed by atoms with Crippen LogP contribution in [0, 0.1) is 13.8 Å². The van der Waals surface area contributed by atoms with Gasteiger partial charge in [0.2, 0.25) is 5.13 Å². The fraction of sp³-hybridized carbons (Fsp3) is 0.172. The van der Waals surface area contributed by atoms with Gasteiger partial charge in [-0.25, -0.2) is 0 Å². The van der Waals surface area contributed by atoms with Crippen LogP contribution in [0.25, 0.3) is 5.76 Å². The zero-order valence-corrected chi connectivity index (χ0v) is 24.1. The molecule has 1 unspecified atom stereocenters. The van der Waals surface area contributed by atoms with Crippen LogP contribution in [0.2, 0.25) is 5.02 Å². The lowest BCUT2D eigenvalue weighted by molar-refractivity contribution is -0.132. The van der Waals surface area contributed by atoms with Crippen LogP contribution in [0.5, 0.6) is 11.5 Å². The van der Waals surface area contributed by atoms with Crippen LogP contribution in [-0.2, 0) is 15.3 Å². The predicted octanol–water partition coefficient (Wildman–Crippen LogP) is 6.44. The number of carbonyl (C=O) groups is 2. The Labute approximate surface area is 243 Å². The first-order valence-corrected chi connectivity index (χ1v) is 14.3. The van der Waals surface area contributed by atoms with Crippen molar-refractivity contribution in [1.82, 2.24) is 10.2 Å². The Morgan fingerprint density at radius 2 is 1.82 bits per heavy atom. The number of carbonyl (C=O) groups excluding carboxylic acids is 2. The third kappa shape index (κ3) is 5.30. The lowest BCUT2D eigenvalue weighted by atomic mass is 9.93. The number of anilines is 1. The number of aromatic hydroxyl groups is 1. The summed E-state index contributed by atoms with van der Waals surface area (Å²) in [7, 11) is 1.40. The largest absolute Gasteiger partial charge is 0.507 e. The molecule has 2 heterocycles. The molecule has 40 heavy (non-hydrogen) atoms. The van der Waals surface area contributed by atoms with E-state index >= 15 is 0 Å². The molecule has 1 atom stereocenters. The number of rotatable bonds is 7. The SMILES string of the molecule is COc1cc(C2/C(=C(\O)c3cc(C)ccc3C)C(=O)C(=O)N2c2nnc(SCc3ccc(Cl)cc3)s2)ccc1O. The summed E-state index contributed by atoms with van der Waals surface area (Å²) >= 11 is 8.58. The molecule has 0 saturated carbocycles. The van der Waals surface area contributed by atoms with Crippen molar-refractivity contribution in [2.24, 2.45) is 0 Å². The van der Waals surface area contributed by atoms with E-state index in [9.17, 15) is 19.8 Å². The second-order valence-corrected chi connectivity index (χ2v) is 11.8. The van der Waals surface area contributed by atoms with Crippen molar-refractivity contribution in [3.05, 3.63) is 99.1 Å². The van der Waals surface area contributed by atoms with Gasteiger partial charge in [-0.2, -0.15) is 0 Å². The van der Waals surface area contributed by atoms with E-state index in [2.05, 4.69) is 10.2 Å². The summed E-state index contributed by atoms with van der Waals surface area (Å²) in [6, 6.07) is 16.5. The summed E-state index contributed by atoms with van der Waals surface area (Å²) in [6.07, 6.45) is 0. The number of benzene rings is 3. The number of aliphatic hydroxyl groups is 1. The number of nitrogens with zero attached hydrogens (tertiary/aromatic N) is 3. The number of hydrogen-bond donors (Lipinski definition) is 2. The van der Waals surface area contributed by atoms with E-state index in [-0.39, 0.29) is 28.0 Å². The topological polar surface area (TPSA) is 113 Å². The van der Waals surface area contributed by atoms with Crippen molar-refractivity contribution < 1.29 is 24.5 Å². The summed E-state index contributed by atoms with van der Waals surface area (Å²) in [5.41, 5.74) is 3.48. The van der Waals surface area contributed by atoms with Gasteiger partial charge in [0, 0.05) is 16.3 Å². The van der Waals surface area contributed by atoms with E-state index in [4.69, 9.17) is 16.3 Å². The monoisotopic (exact) mass is 593 g/mol. The number of aryl methyl sites for hydroxylation is 2. The van der Waals surface area contributed by atoms with Crippen LogP contribution in [0.4, 0.5) is 5.13 Å². The third-order valence-electron chi connectivity index (χ3n) is 6.49. The van der Waals surface area contributed by atoms with Gasteiger partial charge in [-0.3, -0.25) is 14.5 Å². The van der Waals surface area contributed by atoms with Crippen LogP contribution in [0.15, 0.2) is 70.6 Å². The Kier molecular flexibility index (Phi) is 7.84. The van der Waals surface area contributed by atoms with Crippen molar-refractivity contribution in [3.63, 3.8) is 0 Å². The quantitative estimate of drug-likeness (QED) is 0.0827. The molecule has 5 rings (SSSR count). The average Bonchev–Trinajstić information content (AvgIpc) is 3.51. The highest BCUT2D eigenvalue weighted by molar-refractivity contribution is 8.00. The molecule has 3 aromatic carbocycles. The first kappa shape index (κ1) is 27.7. The molecule has 1 aliphatic heterocycles. The minimum Gasteiger partial charge on any atom is -0.507 e. The Morgan fingerprint density at radius 3 is 2.55 bits per heavy atom. The molecular formula is C29H24ClN3O5S2. The molecule has 0 aliphatic carbocycles. The highest BCUT2D eigenvalue weighted by Gasteiger charge is 2.48. The zero-order chi connectivity index (χ0) is 28.6. The molecule has 11 heteroatoms. The number of amides is 1. The second kappa shape index (κ2) is 11.3. The van der Waals surface area contributed by atoms with Gasteiger partial charge >= 0.3 is 5.91 Å². The molecule has 0 radical (unpaired) electrons. The van der Waals surface area contributed by atoms with Crippen LogP contribution in [-0.4, -0.2) is 39.2 Å². The average molecular weight is 594 g/mol. The first-order valence-electron chi connectivity index (χ1n) is 12.1. The smallest absolute Gasteiger partial charge is 0.301 e. The molecule has 1 aromatic heterocycles. The predicted molar refractivity (Wildman–Crippen MR) is 156 cm³/mol. The van der Waals surface area contributed by atoms with Gasteiger partial charge in [0.05, 0.1) is 18.7 Å². The van der Waals surface area contributed by atoms with Crippen LogP contribution in [0.1, 0.15) is 33.9 Å². The van der Waals surface area contributed by atoms with E-state index in [0.29, 0.717) is 26.2 Å². The summed E-state index contributed by atoms with van der Waals surface area (Å²) in [5, 5.41) is 31.0. The zero-order valence-electron chi connectivity index (χ0n) is 21.7. The molecule has 0 spiro atoms. The van der Waals surface area contributed by atoms with E-state index in [1.54, 1.807) is 12.1 Å². The molecule has 1 saturated heterocycles. The van der Waals surface area contributed by atoms with Crippen molar-refractivity contribution in [2.45, 2.75) is 30.0 Å². The highest BCUT2D eigenvalue weighted by atomic mass is 35.5. The number of phenols is 1. The van der Waals surface area contributed by atoms with Crippen LogP contribution < -0.4 is 9.64 Å². The van der Waals surface area contributed by atoms with E-state index < -0.39 is 17.7 Å². The van der Waals surface area contributed by atoms with E-state index in [0.717, 1.165) is 16.7 Å². The molecule has 0 bridgehead atoms. The number of ketones is 1. The van der Waals surface area contributed by atoms with Crippen LogP contribution in [0.3, 0.4) is 0 Å². The van der Waals surface area contributed by atoms with Gasteiger partial charge in [0.15, 0.2) is 15.8 Å². The Bertz CT molecular complexity index is 1650.